The molecule has 1 aromatic carbocycles. The third-order valence-corrected chi connectivity index (χ3v) is 10.6. The maximum Gasteiger partial charge on any atom is 0.408 e. The minimum atomic E-state index is -0.985. The molecule has 0 radical (unpaired) electrons. The minimum Gasteiger partial charge on any atom is -0.491 e. The summed E-state index contributed by atoms with van der Waals surface area (Å²) in [7, 11) is 0. The number of pyridine rings is 1. The van der Waals surface area contributed by atoms with E-state index in [0.29, 0.717) is 60.6 Å². The quantitative estimate of drug-likeness (QED) is 0.246. The van der Waals surface area contributed by atoms with E-state index in [9.17, 15) is 14.4 Å². The average Bonchev–Trinajstić information content (AvgIpc) is 3.46. The molecule has 0 bridgehead atoms. The first-order valence-corrected chi connectivity index (χ1v) is 18.1. The highest BCUT2D eigenvalue weighted by Crippen LogP contribution is 2.52. The molecule has 52 heavy (non-hydrogen) atoms. The molecule has 2 aliphatic carbocycles. The number of aromatic nitrogens is 4. The van der Waals surface area contributed by atoms with Crippen LogP contribution in [0.5, 0.6) is 23.4 Å². The number of likely N-dealkylation sites (tertiary alicyclic amines) is 1. The molecule has 4 N–H and O–H groups in total. The molecule has 2 aliphatic heterocycles. The number of H-pyrrole nitrogens is 1. The van der Waals surface area contributed by atoms with Crippen molar-refractivity contribution < 1.29 is 38.1 Å². The van der Waals surface area contributed by atoms with Crippen LogP contribution in [0.4, 0.5) is 4.79 Å². The Kier molecular flexibility index (Phi) is 10.3. The number of fused-ring (bicyclic) bond motifs is 2. The summed E-state index contributed by atoms with van der Waals surface area (Å²) in [4.78, 5) is 51.0. The molecule has 2 saturated carbocycles. The van der Waals surface area contributed by atoms with Crippen molar-refractivity contribution in [2.24, 2.45) is 23.0 Å². The van der Waals surface area contributed by atoms with E-state index in [-0.39, 0.29) is 36.0 Å². The zero-order valence-electron chi connectivity index (χ0n) is 29.5. The summed E-state index contributed by atoms with van der Waals surface area (Å²) < 4.78 is 29.5. The van der Waals surface area contributed by atoms with Crippen LogP contribution in [-0.2, 0) is 19.1 Å². The molecule has 4 aliphatic rings. The van der Waals surface area contributed by atoms with Gasteiger partial charge < -0.3 is 39.6 Å². The number of ether oxygens (including phenoxy) is 5. The van der Waals surface area contributed by atoms with Crippen LogP contribution in [0.15, 0.2) is 24.5 Å². The zero-order chi connectivity index (χ0) is 36.6. The molecule has 2 aromatic heterocycles. The number of nitrogens with zero attached hydrogens (tertiary/aromatic N) is 5. The van der Waals surface area contributed by atoms with Crippen LogP contribution >= 0.6 is 11.6 Å². The first kappa shape index (κ1) is 36.0. The Bertz CT molecular complexity index is 1770. The van der Waals surface area contributed by atoms with Crippen molar-refractivity contribution in [3.8, 4) is 23.4 Å². The number of alkyl carbamates (subject to hydrolysis) is 1. The second-order valence-corrected chi connectivity index (χ2v) is 15.4. The summed E-state index contributed by atoms with van der Waals surface area (Å²) in [5.41, 5.74) is 5.49. The molecule has 3 aromatic rings. The first-order valence-electron chi connectivity index (χ1n) is 17.8. The molecule has 2 saturated heterocycles. The van der Waals surface area contributed by atoms with E-state index in [0.717, 1.165) is 25.9 Å². The summed E-state index contributed by atoms with van der Waals surface area (Å²) in [6.07, 6.45) is 2.92. The van der Waals surface area contributed by atoms with Crippen molar-refractivity contribution in [1.29, 1.82) is 0 Å². The van der Waals surface area contributed by atoms with Crippen molar-refractivity contribution in [3.63, 3.8) is 0 Å². The lowest BCUT2D eigenvalue weighted by atomic mass is 9.85. The first-order chi connectivity index (χ1) is 24.9. The molecule has 0 spiro atoms. The molecule has 17 heteroatoms. The van der Waals surface area contributed by atoms with E-state index in [2.05, 4.69) is 30.4 Å². The molecule has 4 heterocycles. The van der Waals surface area contributed by atoms with Gasteiger partial charge in [-0.3, -0.25) is 19.5 Å². The predicted molar refractivity (Wildman–Crippen MR) is 187 cm³/mol. The average molecular weight is 741 g/mol. The Hall–Kier alpha value is -4.41. The van der Waals surface area contributed by atoms with Crippen molar-refractivity contribution in [1.82, 2.24) is 35.3 Å². The van der Waals surface area contributed by atoms with Gasteiger partial charge in [0.05, 0.1) is 19.8 Å². The number of nitrogens with one attached hydrogen (secondary N) is 2. The highest BCUT2D eigenvalue weighted by Gasteiger charge is 2.48. The second kappa shape index (κ2) is 14.9. The number of benzene rings is 1. The van der Waals surface area contributed by atoms with Gasteiger partial charge in [0.2, 0.25) is 17.7 Å². The van der Waals surface area contributed by atoms with E-state index in [1.807, 2.05) is 20.8 Å². The van der Waals surface area contributed by atoms with Crippen molar-refractivity contribution in [2.45, 2.75) is 70.7 Å². The summed E-state index contributed by atoms with van der Waals surface area (Å²) in [5, 5.41) is 11.2. The molecule has 7 rings (SSSR count). The zero-order valence-corrected chi connectivity index (χ0v) is 30.3. The number of hydrogen-bond acceptors (Lipinski definition) is 12. The Morgan fingerprint density at radius 2 is 1.87 bits per heavy atom. The Labute approximate surface area is 306 Å². The Morgan fingerprint density at radius 1 is 1.10 bits per heavy atom. The van der Waals surface area contributed by atoms with E-state index >= 15 is 0 Å². The fraction of sp³-hybridized carbons (Fsp3) is 0.600. The number of primary amides is 1. The third-order valence-electron chi connectivity index (χ3n) is 10.2. The topological polar surface area (TPSA) is 196 Å². The standard InChI is InChI=1S/C35H45ClN8O8/c1-35(2,3)30(41-34(47)51-21-13-19-12-20(19)14-21)32(46)44-17-22(15-24(44)31(37)45)50-26-16-27(52-33-38-18-39-42-33)40-29-23(26)4-5-25(28(29)36)49-11-8-43-6-9-48-10-7-43/h4-5,16,18-22,24,30H,6-15,17H2,1-3H3,(H2,37,45)(H,41,47)(H,38,39,42)/t19-,20+,21+,22?,24-,30+/m0/s1. The lowest BCUT2D eigenvalue weighted by molar-refractivity contribution is -0.141. The SMILES string of the molecule is CC(C)(C)[C@H](NC(=O)O[C@@H]1C[C@@H]2C[C@@H]2C1)C(=O)N1CC(Oc2cc(Oc3nnc[nH]3)nc3c(Cl)c(OCCN4CCOCC4)ccc23)C[C@H]1C(N)=O. The summed E-state index contributed by atoms with van der Waals surface area (Å²) in [6, 6.07) is 3.25. The summed E-state index contributed by atoms with van der Waals surface area (Å²) in [5.74, 6) is 1.02. The maximum atomic E-state index is 14.2. The molecular weight excluding hydrogens is 696 g/mol. The lowest BCUT2D eigenvalue weighted by Gasteiger charge is -2.35. The van der Waals surface area contributed by atoms with Gasteiger partial charge in [0.25, 0.3) is 0 Å². The Morgan fingerprint density at radius 3 is 2.56 bits per heavy atom. The van der Waals surface area contributed by atoms with Crippen LogP contribution in [0, 0.1) is 17.3 Å². The van der Waals surface area contributed by atoms with Gasteiger partial charge >= 0.3 is 12.1 Å². The van der Waals surface area contributed by atoms with Crippen molar-refractivity contribution in [3.05, 3.63) is 29.5 Å². The van der Waals surface area contributed by atoms with Gasteiger partial charge in [-0.2, -0.15) is 0 Å². The molecule has 16 nitrogen and oxygen atoms in total. The number of hydrogen-bond donors (Lipinski definition) is 3. The maximum absolute atomic E-state index is 14.2. The number of amides is 3. The van der Waals surface area contributed by atoms with Crippen molar-refractivity contribution >= 4 is 40.4 Å². The fourth-order valence-corrected chi connectivity index (χ4v) is 7.61. The van der Waals surface area contributed by atoms with Gasteiger partial charge in [-0.1, -0.05) is 37.5 Å². The summed E-state index contributed by atoms with van der Waals surface area (Å²) >= 11 is 6.89. The molecule has 6 atom stereocenters. The fourth-order valence-electron chi connectivity index (χ4n) is 7.35. The number of carbonyl (C=O) groups excluding carboxylic acids is 3. The minimum absolute atomic E-state index is 0.0281. The molecule has 4 fully saturated rings. The molecule has 1 unspecified atom stereocenters. The largest absolute Gasteiger partial charge is 0.491 e. The second-order valence-electron chi connectivity index (χ2n) is 15.0. The molecular formula is C35H45ClN8O8. The number of carbonyl (C=O) groups is 3. The molecule has 3 amide bonds. The predicted octanol–water partition coefficient (Wildman–Crippen LogP) is 3.28. The van der Waals surface area contributed by atoms with Crippen LogP contribution in [0.1, 0.15) is 46.5 Å². The van der Waals surface area contributed by atoms with E-state index in [4.69, 9.17) is 41.0 Å². The normalized spacial score (nSPS) is 25.0. The van der Waals surface area contributed by atoms with Crippen LogP contribution in [0.3, 0.4) is 0 Å². The number of nitrogens with two attached hydrogens (primary N) is 1. The van der Waals surface area contributed by atoms with Crippen LogP contribution in [-0.4, -0.2) is 118 Å². The Balaban J connectivity index is 1.10. The van der Waals surface area contributed by atoms with Gasteiger partial charge in [0, 0.05) is 37.5 Å². The lowest BCUT2D eigenvalue weighted by Crippen LogP contribution is -2.57. The number of aromatic amines is 1. The van der Waals surface area contributed by atoms with E-state index in [1.165, 1.54) is 17.6 Å². The van der Waals surface area contributed by atoms with E-state index in [1.54, 1.807) is 18.2 Å². The summed E-state index contributed by atoms with van der Waals surface area (Å²) in [6.45, 7) is 9.71. The third kappa shape index (κ3) is 8.13. The van der Waals surface area contributed by atoms with Gasteiger partial charge in [0.1, 0.15) is 59.3 Å². The molecule has 280 valence electrons. The van der Waals surface area contributed by atoms with Gasteiger partial charge in [-0.15, -0.1) is 5.10 Å². The van der Waals surface area contributed by atoms with E-state index < -0.39 is 41.5 Å². The highest BCUT2D eigenvalue weighted by atomic mass is 35.5. The highest BCUT2D eigenvalue weighted by molar-refractivity contribution is 6.36. The van der Waals surface area contributed by atoms with Crippen LogP contribution in [0.25, 0.3) is 10.9 Å². The van der Waals surface area contributed by atoms with Crippen molar-refractivity contribution in [2.75, 3.05) is 46.0 Å². The van der Waals surface area contributed by atoms with Crippen LogP contribution in [0.2, 0.25) is 5.02 Å². The smallest absolute Gasteiger partial charge is 0.408 e. The van der Waals surface area contributed by atoms with Gasteiger partial charge in [-0.05, 0) is 48.6 Å². The van der Waals surface area contributed by atoms with Gasteiger partial charge in [-0.25, -0.2) is 9.78 Å². The van der Waals surface area contributed by atoms with Gasteiger partial charge in [0.15, 0.2) is 0 Å². The monoisotopic (exact) mass is 740 g/mol. The number of rotatable bonds is 12. The van der Waals surface area contributed by atoms with Crippen LogP contribution < -0.4 is 25.3 Å². The number of morpholine rings is 1. The number of halogens is 1.